The van der Waals surface area contributed by atoms with Crippen LogP contribution in [-0.4, -0.2) is 134 Å². The number of nitrogens with zero attached hydrogens (tertiary/aromatic N) is 8. The van der Waals surface area contributed by atoms with Gasteiger partial charge in [0.05, 0.1) is 23.5 Å². The van der Waals surface area contributed by atoms with Gasteiger partial charge in [-0.05, 0) is 96.7 Å². The van der Waals surface area contributed by atoms with E-state index in [9.17, 15) is 24.6 Å². The molecule has 0 bridgehead atoms. The summed E-state index contributed by atoms with van der Waals surface area (Å²) in [6, 6.07) is 15.7. The van der Waals surface area contributed by atoms with Gasteiger partial charge < -0.3 is 40.9 Å². The summed E-state index contributed by atoms with van der Waals surface area (Å²) in [5, 5.41) is 39.4. The maximum atomic E-state index is 14.2. The number of hydrogen-bond acceptors (Lipinski definition) is 13. The minimum Gasteiger partial charge on any atom is -0.507 e. The number of aromatic nitrogens is 4. The number of piperidine rings is 1. The van der Waals surface area contributed by atoms with Crippen LogP contribution in [0.4, 0.5) is 17.5 Å². The van der Waals surface area contributed by atoms with Gasteiger partial charge in [0.1, 0.15) is 17.8 Å². The van der Waals surface area contributed by atoms with Crippen LogP contribution in [-0.2, 0) is 20.9 Å². The Kier molecular flexibility index (Phi) is 12.2. The topological polar surface area (TPSA) is 192 Å². The predicted molar refractivity (Wildman–Crippen MR) is 258 cm³/mol. The average Bonchev–Trinajstić information content (AvgIpc) is 3.72. The number of carbonyl (C=O) groups excluding carboxylic acids is 3. The van der Waals surface area contributed by atoms with Gasteiger partial charge in [-0.15, -0.1) is 16.6 Å². The predicted octanol–water partition coefficient (Wildman–Crippen LogP) is 4.29. The van der Waals surface area contributed by atoms with Crippen molar-refractivity contribution in [3.63, 3.8) is 0 Å². The fourth-order valence-corrected chi connectivity index (χ4v) is 11.7. The summed E-state index contributed by atoms with van der Waals surface area (Å²) in [7, 11) is 0. The van der Waals surface area contributed by atoms with Crippen LogP contribution in [0, 0.1) is 29.1 Å². The Balaban J connectivity index is 0.673. The van der Waals surface area contributed by atoms with Crippen LogP contribution < -0.4 is 25.8 Å². The van der Waals surface area contributed by atoms with Gasteiger partial charge >= 0.3 is 0 Å². The van der Waals surface area contributed by atoms with Gasteiger partial charge in [0, 0.05) is 94.3 Å². The van der Waals surface area contributed by atoms with Crippen LogP contribution in [0.25, 0.3) is 11.3 Å². The van der Waals surface area contributed by atoms with Crippen molar-refractivity contribution in [2.75, 3.05) is 60.9 Å². The molecular formula is C52H63N11O5. The summed E-state index contributed by atoms with van der Waals surface area (Å²) in [5.41, 5.74) is 4.65. The van der Waals surface area contributed by atoms with Crippen molar-refractivity contribution in [3.8, 4) is 29.4 Å². The SMILES string of the molecule is C#Cc1ccc(CNC(=O)[C@@H]2C[C@@H](O)CN2C(=O)[C@@H](NC(=O)[C@H]2CC3(C2)C[C@H](c2cnc(N4CCC(N5CCN6c7cc(-c8ccccc8O)nnc7NC[C@H]6C5)CC4)nc2)C3)C(C)(C)C)cc1. The Labute approximate surface area is 398 Å². The molecule has 10 rings (SSSR count). The third-order valence-electron chi connectivity index (χ3n) is 15.6. The number of terminal acetylenes is 1. The van der Waals surface area contributed by atoms with Gasteiger partial charge in [-0.2, -0.15) is 0 Å². The van der Waals surface area contributed by atoms with Crippen molar-refractivity contribution in [1.82, 2.24) is 40.6 Å². The molecule has 6 aliphatic rings. The minimum absolute atomic E-state index is 0.0313. The van der Waals surface area contributed by atoms with Crippen molar-refractivity contribution >= 4 is 35.2 Å². The number of nitrogens with one attached hydrogen (secondary N) is 3. The molecule has 4 aromatic rings. The molecule has 0 radical (unpaired) electrons. The molecular weight excluding hydrogens is 859 g/mol. The summed E-state index contributed by atoms with van der Waals surface area (Å²) >= 11 is 0. The van der Waals surface area contributed by atoms with Crippen molar-refractivity contribution in [2.45, 2.75) is 108 Å². The van der Waals surface area contributed by atoms with Crippen LogP contribution in [0.3, 0.4) is 0 Å². The largest absolute Gasteiger partial charge is 0.507 e. The lowest BCUT2D eigenvalue weighted by atomic mass is 9.47. The summed E-state index contributed by atoms with van der Waals surface area (Å²) < 4.78 is 0. The molecule has 2 aliphatic carbocycles. The highest BCUT2D eigenvalue weighted by molar-refractivity contribution is 5.93. The molecule has 16 nitrogen and oxygen atoms in total. The van der Waals surface area contributed by atoms with Crippen LogP contribution >= 0.6 is 0 Å². The van der Waals surface area contributed by atoms with E-state index in [-0.39, 0.29) is 54.3 Å². The number of carbonyl (C=O) groups is 3. The third kappa shape index (κ3) is 9.05. The van der Waals surface area contributed by atoms with Gasteiger partial charge in [-0.1, -0.05) is 51.0 Å². The first-order valence-electron chi connectivity index (χ1n) is 24.3. The zero-order valence-electron chi connectivity index (χ0n) is 39.3. The van der Waals surface area contributed by atoms with Crippen molar-refractivity contribution in [3.05, 3.63) is 83.7 Å². The number of aliphatic hydroxyl groups is 1. The summed E-state index contributed by atoms with van der Waals surface area (Å²) in [6.07, 6.45) is 14.4. The van der Waals surface area contributed by atoms with Crippen molar-refractivity contribution in [1.29, 1.82) is 0 Å². The van der Waals surface area contributed by atoms with Gasteiger partial charge in [0.15, 0.2) is 5.82 Å². The van der Waals surface area contributed by atoms with E-state index in [1.54, 1.807) is 6.07 Å². The van der Waals surface area contributed by atoms with E-state index in [1.807, 2.05) is 81.7 Å². The lowest BCUT2D eigenvalue weighted by Crippen LogP contribution is -2.61. The Hall–Kier alpha value is -6.31. The van der Waals surface area contributed by atoms with Gasteiger partial charge in [-0.25, -0.2) is 9.97 Å². The Morgan fingerprint density at radius 1 is 0.926 bits per heavy atom. The van der Waals surface area contributed by atoms with E-state index in [4.69, 9.17) is 16.4 Å². The smallest absolute Gasteiger partial charge is 0.246 e. The van der Waals surface area contributed by atoms with Crippen molar-refractivity contribution < 1.29 is 24.6 Å². The number of hydrogen-bond donors (Lipinski definition) is 5. The monoisotopic (exact) mass is 922 g/mol. The second-order valence-electron chi connectivity index (χ2n) is 21.2. The average molecular weight is 922 g/mol. The van der Waals surface area contributed by atoms with Crippen LogP contribution in [0.5, 0.6) is 5.75 Å². The molecule has 3 amide bonds. The number of likely N-dealkylation sites (tertiary alicyclic amines) is 1. The highest BCUT2D eigenvalue weighted by Gasteiger charge is 2.56. The number of phenols is 1. The number of rotatable bonds is 10. The third-order valence-corrected chi connectivity index (χ3v) is 15.6. The number of para-hydroxylation sites is 1. The molecule has 356 valence electrons. The molecule has 4 aliphatic heterocycles. The van der Waals surface area contributed by atoms with Gasteiger partial charge in [0.2, 0.25) is 23.7 Å². The molecule has 2 aromatic carbocycles. The van der Waals surface area contributed by atoms with E-state index in [0.29, 0.717) is 29.3 Å². The quantitative estimate of drug-likeness (QED) is 0.142. The molecule has 2 aromatic heterocycles. The van der Waals surface area contributed by atoms with E-state index < -0.39 is 23.6 Å². The molecule has 68 heavy (non-hydrogen) atoms. The number of benzene rings is 2. The molecule has 2 saturated carbocycles. The summed E-state index contributed by atoms with van der Waals surface area (Å²) in [4.78, 5) is 59.9. The van der Waals surface area contributed by atoms with Crippen LogP contribution in [0.1, 0.15) is 88.3 Å². The van der Waals surface area contributed by atoms with E-state index in [2.05, 4.69) is 46.8 Å². The van der Waals surface area contributed by atoms with Gasteiger partial charge in [-0.3, -0.25) is 19.3 Å². The molecule has 5 N–H and O–H groups in total. The molecule has 5 fully saturated rings. The number of fused-ring (bicyclic) bond motifs is 3. The normalized spacial score (nSPS) is 26.3. The highest BCUT2D eigenvalue weighted by Crippen LogP contribution is 2.64. The standard InChI is InChI=1S/C52H63N11O5/c1-5-32-10-12-33(13-11-32)26-54-48(67)43-20-39(64)31-63(43)49(68)45(51(2,3)4)57-47(66)35-24-52(25-35)22-34(23-52)36-27-55-50(56-28-36)60-16-14-37(15-17-60)61-18-19-62-38(30-61)29-53-46-42(62)21-41(58-59-46)40-8-6-7-9-44(40)65/h1,6-13,21,27-28,34-35,37-39,43,45,64-65H,14-20,22-26,29-31H2,2-4H3,(H,53,59)(H,54,67)(H,57,66)/t34-,35-,38-,39+,43-,45+,52?/m0/s1. The van der Waals surface area contributed by atoms with E-state index in [0.717, 1.165) is 112 Å². The molecule has 0 unspecified atom stereocenters. The lowest BCUT2D eigenvalue weighted by Gasteiger charge is -2.57. The number of phenolic OH excluding ortho intramolecular Hbond substituents is 1. The van der Waals surface area contributed by atoms with Crippen molar-refractivity contribution in [2.24, 2.45) is 16.7 Å². The first-order chi connectivity index (χ1) is 32.7. The Bertz CT molecular complexity index is 2560. The summed E-state index contributed by atoms with van der Waals surface area (Å²) in [5.74, 6) is 3.71. The molecule has 6 heterocycles. The van der Waals surface area contributed by atoms with Gasteiger partial charge in [0.25, 0.3) is 0 Å². The minimum atomic E-state index is -0.855. The van der Waals surface area contributed by atoms with Crippen LogP contribution in [0.15, 0.2) is 67.0 Å². The number of aromatic hydroxyl groups is 1. The maximum Gasteiger partial charge on any atom is 0.246 e. The molecule has 3 saturated heterocycles. The zero-order chi connectivity index (χ0) is 47.3. The maximum absolute atomic E-state index is 14.2. The number of piperazine rings is 1. The summed E-state index contributed by atoms with van der Waals surface area (Å²) in [6.45, 7) is 11.5. The first-order valence-corrected chi connectivity index (χ1v) is 24.3. The number of aliphatic hydroxyl groups excluding tert-OH is 1. The fourth-order valence-electron chi connectivity index (χ4n) is 11.7. The highest BCUT2D eigenvalue weighted by atomic mass is 16.3. The first kappa shape index (κ1) is 45.5. The molecule has 4 atom stereocenters. The lowest BCUT2D eigenvalue weighted by molar-refractivity contribution is -0.148. The molecule has 1 spiro atoms. The second kappa shape index (κ2) is 18.3. The Morgan fingerprint density at radius 2 is 1.66 bits per heavy atom. The number of amides is 3. The second-order valence-corrected chi connectivity index (χ2v) is 21.2. The van der Waals surface area contributed by atoms with E-state index >= 15 is 0 Å². The Morgan fingerprint density at radius 3 is 2.37 bits per heavy atom. The van der Waals surface area contributed by atoms with E-state index in [1.165, 1.54) is 4.90 Å². The van der Waals surface area contributed by atoms with Crippen LogP contribution in [0.2, 0.25) is 0 Å². The molecule has 16 heteroatoms. The zero-order valence-corrected chi connectivity index (χ0v) is 39.3. The number of β-amino-alcohol motifs (C(OH)–C–C–N with tert-alkyl or cyclic N) is 1. The number of anilines is 3. The fraction of sp³-hybridized carbons (Fsp3) is 0.519.